The topological polar surface area (TPSA) is 92.5 Å². The van der Waals surface area contributed by atoms with E-state index in [1.807, 2.05) is 13.8 Å². The van der Waals surface area contributed by atoms with Crippen LogP contribution in [0.5, 0.6) is 0 Å². The molecule has 3 N–H and O–H groups in total. The Morgan fingerprint density at radius 1 is 1.43 bits per heavy atom. The molecule has 6 nitrogen and oxygen atoms in total. The Bertz CT molecular complexity index is 590. The maximum absolute atomic E-state index is 12.7. The van der Waals surface area contributed by atoms with Crippen molar-refractivity contribution in [1.82, 2.24) is 0 Å². The lowest BCUT2D eigenvalue weighted by atomic mass is 10.2. The summed E-state index contributed by atoms with van der Waals surface area (Å²) < 4.78 is 34.1. The van der Waals surface area contributed by atoms with E-state index in [-0.39, 0.29) is 12.5 Å². The van der Waals surface area contributed by atoms with Gasteiger partial charge in [0.05, 0.1) is 5.75 Å². The van der Waals surface area contributed by atoms with E-state index in [9.17, 15) is 17.1 Å². The Morgan fingerprint density at radius 3 is 2.62 bits per heavy atom. The first-order valence-corrected chi connectivity index (χ1v) is 8.06. The van der Waals surface area contributed by atoms with Gasteiger partial charge in [-0.15, -0.1) is 3.89 Å². The van der Waals surface area contributed by atoms with Crippen molar-refractivity contribution in [2.75, 3.05) is 29.1 Å². The molecule has 0 aromatic heterocycles. The molecule has 0 saturated carbocycles. The zero-order valence-electron chi connectivity index (χ0n) is 12.0. The summed E-state index contributed by atoms with van der Waals surface area (Å²) >= 11 is 0. The average Bonchev–Trinajstić information content (AvgIpc) is 2.32. The van der Waals surface area contributed by atoms with Crippen LogP contribution in [0.2, 0.25) is 0 Å². The average molecular weight is 317 g/mol. The van der Waals surface area contributed by atoms with E-state index in [1.165, 1.54) is 0 Å². The number of hydrogen-bond donors (Lipinski definition) is 2. The number of rotatable bonds is 7. The number of amides is 2. The third-order valence-electron chi connectivity index (χ3n) is 2.67. The van der Waals surface area contributed by atoms with Gasteiger partial charge in [-0.05, 0) is 24.1 Å². The third-order valence-corrected chi connectivity index (χ3v) is 3.34. The van der Waals surface area contributed by atoms with Crippen LogP contribution in [-0.2, 0) is 10.2 Å². The minimum Gasteiger partial charge on any atom is -0.370 e. The van der Waals surface area contributed by atoms with Crippen molar-refractivity contribution in [2.45, 2.75) is 13.8 Å². The van der Waals surface area contributed by atoms with Crippen LogP contribution >= 0.6 is 0 Å². The molecule has 118 valence electrons. The van der Waals surface area contributed by atoms with E-state index in [1.54, 1.807) is 29.2 Å². The number of halogens is 1. The van der Waals surface area contributed by atoms with E-state index in [4.69, 9.17) is 5.73 Å². The summed E-state index contributed by atoms with van der Waals surface area (Å²) in [4.78, 5) is 12.6. The van der Waals surface area contributed by atoms with Gasteiger partial charge in [0, 0.05) is 24.5 Å². The van der Waals surface area contributed by atoms with Gasteiger partial charge in [0.2, 0.25) is 0 Å². The highest BCUT2D eigenvalue weighted by Gasteiger charge is 2.14. The standard InChI is InChI=1S/C13H20FN3O3S/c1-10(2)9-17(6-7-21(14,19)20)12-5-3-4-11(8-12)16-13(15)18/h3-5,8,10H,6-7,9H2,1-2H3,(H3,15,16,18). The molecule has 0 saturated heterocycles. The van der Waals surface area contributed by atoms with Crippen LogP contribution in [0.4, 0.5) is 20.1 Å². The predicted molar refractivity (Wildman–Crippen MR) is 81.6 cm³/mol. The van der Waals surface area contributed by atoms with Gasteiger partial charge in [-0.25, -0.2) is 4.79 Å². The SMILES string of the molecule is CC(C)CN(CCS(=O)(=O)F)c1cccc(NC(N)=O)c1. The number of carbonyl (C=O) groups is 1. The highest BCUT2D eigenvalue weighted by atomic mass is 32.3. The number of carbonyl (C=O) groups excluding carboxylic acids is 1. The first kappa shape index (κ1) is 17.2. The molecule has 2 amide bonds. The van der Waals surface area contributed by atoms with Crippen LogP contribution in [0.3, 0.4) is 0 Å². The monoisotopic (exact) mass is 317 g/mol. The highest BCUT2D eigenvalue weighted by Crippen LogP contribution is 2.20. The summed E-state index contributed by atoms with van der Waals surface area (Å²) in [6.45, 7) is 4.55. The first-order valence-electron chi connectivity index (χ1n) is 6.51. The van der Waals surface area contributed by atoms with Gasteiger partial charge in [-0.1, -0.05) is 19.9 Å². The number of urea groups is 1. The van der Waals surface area contributed by atoms with Gasteiger partial charge < -0.3 is 16.0 Å². The maximum Gasteiger partial charge on any atom is 0.316 e. The molecule has 0 aliphatic rings. The van der Waals surface area contributed by atoms with Gasteiger partial charge in [-0.2, -0.15) is 8.42 Å². The van der Waals surface area contributed by atoms with Gasteiger partial charge in [-0.3, -0.25) is 0 Å². The summed E-state index contributed by atoms with van der Waals surface area (Å²) in [5.74, 6) is -0.312. The van der Waals surface area contributed by atoms with E-state index in [0.29, 0.717) is 17.9 Å². The Hall–Kier alpha value is -1.83. The zero-order chi connectivity index (χ0) is 16.0. The molecule has 0 radical (unpaired) electrons. The number of nitrogens with one attached hydrogen (secondary N) is 1. The molecule has 0 fully saturated rings. The van der Waals surface area contributed by atoms with E-state index < -0.39 is 22.0 Å². The summed E-state index contributed by atoms with van der Waals surface area (Å²) in [5.41, 5.74) is 6.24. The zero-order valence-corrected chi connectivity index (χ0v) is 12.9. The van der Waals surface area contributed by atoms with Crippen LogP contribution in [0.1, 0.15) is 13.8 Å². The van der Waals surface area contributed by atoms with Gasteiger partial charge >= 0.3 is 16.3 Å². The second-order valence-corrected chi connectivity index (χ2v) is 6.61. The van der Waals surface area contributed by atoms with E-state index >= 15 is 0 Å². The minimum atomic E-state index is -4.52. The van der Waals surface area contributed by atoms with Crippen molar-refractivity contribution in [3.8, 4) is 0 Å². The smallest absolute Gasteiger partial charge is 0.316 e. The van der Waals surface area contributed by atoms with Crippen LogP contribution in [0.25, 0.3) is 0 Å². The molecule has 1 aromatic carbocycles. The summed E-state index contributed by atoms with van der Waals surface area (Å²) in [6.07, 6.45) is 0. The fourth-order valence-electron chi connectivity index (χ4n) is 1.91. The molecule has 1 aromatic rings. The molecule has 21 heavy (non-hydrogen) atoms. The molecule has 0 spiro atoms. The van der Waals surface area contributed by atoms with Crippen LogP contribution in [0.15, 0.2) is 24.3 Å². The molecule has 0 unspecified atom stereocenters. The van der Waals surface area contributed by atoms with Crippen molar-refractivity contribution in [1.29, 1.82) is 0 Å². The molecular formula is C13H20FN3O3S. The summed E-state index contributed by atoms with van der Waals surface area (Å²) in [7, 11) is -4.52. The molecule has 1 rings (SSSR count). The first-order chi connectivity index (χ1) is 9.67. The fourth-order valence-corrected chi connectivity index (χ4v) is 2.35. The largest absolute Gasteiger partial charge is 0.370 e. The van der Waals surface area contributed by atoms with Crippen LogP contribution in [-0.4, -0.2) is 33.3 Å². The molecule has 0 aliphatic carbocycles. The maximum atomic E-state index is 12.7. The number of nitrogens with two attached hydrogens (primary N) is 1. The molecular weight excluding hydrogens is 297 g/mol. The summed E-state index contributed by atoms with van der Waals surface area (Å²) in [5, 5.41) is 2.45. The van der Waals surface area contributed by atoms with E-state index in [2.05, 4.69) is 5.32 Å². The van der Waals surface area contributed by atoms with Crippen molar-refractivity contribution in [2.24, 2.45) is 11.7 Å². The normalized spacial score (nSPS) is 11.4. The van der Waals surface area contributed by atoms with Crippen molar-refractivity contribution in [3.63, 3.8) is 0 Å². The highest BCUT2D eigenvalue weighted by molar-refractivity contribution is 7.86. The second kappa shape index (κ2) is 7.26. The van der Waals surface area contributed by atoms with Gasteiger partial charge in [0.15, 0.2) is 0 Å². The van der Waals surface area contributed by atoms with Crippen molar-refractivity contribution in [3.05, 3.63) is 24.3 Å². The Labute approximate surface area is 124 Å². The van der Waals surface area contributed by atoms with E-state index in [0.717, 1.165) is 0 Å². The second-order valence-electron chi connectivity index (χ2n) is 5.12. The summed E-state index contributed by atoms with van der Waals surface area (Å²) in [6, 6.07) is 6.11. The Kier molecular flexibility index (Phi) is 5.95. The Balaban J connectivity index is 2.93. The molecule has 8 heteroatoms. The van der Waals surface area contributed by atoms with Crippen LogP contribution < -0.4 is 16.0 Å². The lowest BCUT2D eigenvalue weighted by Gasteiger charge is -2.26. The molecule has 0 heterocycles. The molecule has 0 bridgehead atoms. The predicted octanol–water partition coefficient (Wildman–Crippen LogP) is 1.94. The molecule has 0 atom stereocenters. The molecule has 0 aliphatic heterocycles. The lowest BCUT2D eigenvalue weighted by molar-refractivity contribution is 0.259. The quantitative estimate of drug-likeness (QED) is 0.752. The van der Waals surface area contributed by atoms with Crippen LogP contribution in [0, 0.1) is 5.92 Å². The number of primary amides is 1. The fraction of sp³-hybridized carbons (Fsp3) is 0.462. The van der Waals surface area contributed by atoms with Gasteiger partial charge in [0.1, 0.15) is 0 Å². The number of anilines is 2. The third kappa shape index (κ3) is 6.94. The number of nitrogens with zero attached hydrogens (tertiary/aromatic N) is 1. The van der Waals surface area contributed by atoms with Crippen molar-refractivity contribution >= 4 is 27.6 Å². The number of benzene rings is 1. The van der Waals surface area contributed by atoms with Gasteiger partial charge in [0.25, 0.3) is 0 Å². The Morgan fingerprint density at radius 2 is 2.10 bits per heavy atom. The minimum absolute atomic E-state index is 0.0387. The lowest BCUT2D eigenvalue weighted by Crippen LogP contribution is -2.32. The van der Waals surface area contributed by atoms with Crippen molar-refractivity contribution < 1.29 is 17.1 Å². The number of hydrogen-bond acceptors (Lipinski definition) is 4.